The average molecular weight is 503 g/mol. The number of carbonyl (C=O) groups is 2. The molecular formula is C27H23FN4O3S. The number of halogens is 1. The molecule has 0 radical (unpaired) electrons. The lowest BCUT2D eigenvalue weighted by atomic mass is 9.99. The van der Waals surface area contributed by atoms with Crippen molar-refractivity contribution >= 4 is 40.1 Å². The molecule has 5 rings (SSSR count). The summed E-state index contributed by atoms with van der Waals surface area (Å²) in [5.74, 6) is -0.295. The van der Waals surface area contributed by atoms with E-state index in [9.17, 15) is 14.0 Å². The topological polar surface area (TPSA) is 83.4 Å². The van der Waals surface area contributed by atoms with Crippen LogP contribution in [0.4, 0.5) is 10.1 Å². The molecule has 0 bridgehead atoms. The van der Waals surface area contributed by atoms with Crippen molar-refractivity contribution in [1.82, 2.24) is 5.01 Å². The van der Waals surface area contributed by atoms with Gasteiger partial charge in [-0.05, 0) is 47.5 Å². The van der Waals surface area contributed by atoms with Crippen LogP contribution in [-0.2, 0) is 9.59 Å². The van der Waals surface area contributed by atoms with Crippen LogP contribution in [-0.4, -0.2) is 40.1 Å². The minimum absolute atomic E-state index is 0.0210. The zero-order chi connectivity index (χ0) is 25.1. The lowest BCUT2D eigenvalue weighted by Gasteiger charge is -2.23. The van der Waals surface area contributed by atoms with Crippen molar-refractivity contribution in [3.8, 4) is 5.75 Å². The average Bonchev–Trinajstić information content (AvgIpc) is 3.49. The van der Waals surface area contributed by atoms with E-state index >= 15 is 0 Å². The predicted octanol–water partition coefficient (Wildman–Crippen LogP) is 5.01. The molecule has 9 heteroatoms. The van der Waals surface area contributed by atoms with Gasteiger partial charge < -0.3 is 10.1 Å². The SMILES string of the molecule is COc1ccc(NC(=O)C[C@H]2SC(N3N=C(c4ccccc4)C[C@H]3c3ccc(F)cc3)=NC2=O)cc1. The molecule has 2 aliphatic heterocycles. The molecule has 0 unspecified atom stereocenters. The van der Waals surface area contributed by atoms with Crippen LogP contribution >= 0.6 is 11.8 Å². The Balaban J connectivity index is 1.32. The van der Waals surface area contributed by atoms with E-state index in [0.29, 0.717) is 23.0 Å². The lowest BCUT2D eigenvalue weighted by Crippen LogP contribution is -2.25. The van der Waals surface area contributed by atoms with Crippen LogP contribution in [0, 0.1) is 5.82 Å². The fourth-order valence-corrected chi connectivity index (χ4v) is 5.16. The van der Waals surface area contributed by atoms with E-state index < -0.39 is 5.25 Å². The molecule has 0 aromatic heterocycles. The number of hydrogen-bond donors (Lipinski definition) is 1. The number of thioether (sulfide) groups is 1. The summed E-state index contributed by atoms with van der Waals surface area (Å²) >= 11 is 1.22. The molecule has 3 aromatic rings. The Morgan fingerprint density at radius 1 is 1.08 bits per heavy atom. The van der Waals surface area contributed by atoms with E-state index in [4.69, 9.17) is 9.84 Å². The second-order valence-corrected chi connectivity index (χ2v) is 9.52. The van der Waals surface area contributed by atoms with Crippen molar-refractivity contribution < 1.29 is 18.7 Å². The van der Waals surface area contributed by atoms with Crippen molar-refractivity contribution in [3.63, 3.8) is 0 Å². The Bertz CT molecular complexity index is 1330. The number of rotatable bonds is 6. The molecule has 2 heterocycles. The van der Waals surface area contributed by atoms with Crippen LogP contribution in [0.5, 0.6) is 5.75 Å². The van der Waals surface area contributed by atoms with Gasteiger partial charge >= 0.3 is 0 Å². The Morgan fingerprint density at radius 2 is 1.81 bits per heavy atom. The molecule has 0 spiro atoms. The number of ether oxygens (including phenoxy) is 1. The standard InChI is InChI=1S/C27H23FN4O3S/c1-35-21-13-11-20(12-14-21)29-25(33)16-24-26(34)30-27(36-24)32-23(18-7-9-19(28)10-8-18)15-22(31-32)17-5-3-2-4-6-17/h2-14,23-24H,15-16H2,1H3,(H,29,33)/t23-,24+/m0/s1. The number of nitrogens with zero attached hydrogens (tertiary/aromatic N) is 3. The summed E-state index contributed by atoms with van der Waals surface area (Å²) in [6.45, 7) is 0. The minimum atomic E-state index is -0.650. The molecule has 2 aliphatic rings. The van der Waals surface area contributed by atoms with Gasteiger partial charge in [-0.25, -0.2) is 9.40 Å². The molecule has 182 valence electrons. The highest BCUT2D eigenvalue weighted by molar-refractivity contribution is 8.15. The van der Waals surface area contributed by atoms with Gasteiger partial charge in [0.15, 0.2) is 5.17 Å². The third-order valence-electron chi connectivity index (χ3n) is 5.94. The van der Waals surface area contributed by atoms with Gasteiger partial charge in [-0.15, -0.1) is 0 Å². The second kappa shape index (κ2) is 10.3. The van der Waals surface area contributed by atoms with Crippen LogP contribution in [0.1, 0.15) is 30.0 Å². The molecule has 3 aromatic carbocycles. The van der Waals surface area contributed by atoms with Crippen LogP contribution in [0.2, 0.25) is 0 Å². The molecule has 7 nitrogen and oxygen atoms in total. The molecule has 0 saturated carbocycles. The Morgan fingerprint density at radius 3 is 2.50 bits per heavy atom. The van der Waals surface area contributed by atoms with Crippen LogP contribution in [0.25, 0.3) is 0 Å². The maximum atomic E-state index is 13.6. The Hall–Kier alpha value is -3.98. The number of methoxy groups -OCH3 is 1. The smallest absolute Gasteiger partial charge is 0.262 e. The van der Waals surface area contributed by atoms with Gasteiger partial charge in [0.1, 0.15) is 16.8 Å². The van der Waals surface area contributed by atoms with E-state index in [1.807, 2.05) is 30.3 Å². The van der Waals surface area contributed by atoms with Gasteiger partial charge in [0.25, 0.3) is 5.91 Å². The van der Waals surface area contributed by atoms with Gasteiger partial charge in [-0.1, -0.05) is 54.2 Å². The molecule has 2 atom stereocenters. The van der Waals surface area contributed by atoms with E-state index in [0.717, 1.165) is 16.8 Å². The summed E-state index contributed by atoms with van der Waals surface area (Å²) in [7, 11) is 1.57. The molecule has 36 heavy (non-hydrogen) atoms. The second-order valence-electron chi connectivity index (χ2n) is 8.35. The minimum Gasteiger partial charge on any atom is -0.497 e. The van der Waals surface area contributed by atoms with Gasteiger partial charge in [-0.2, -0.15) is 10.1 Å². The fraction of sp³-hybridized carbons (Fsp3) is 0.185. The first-order valence-corrected chi connectivity index (χ1v) is 12.3. The van der Waals surface area contributed by atoms with E-state index in [1.54, 1.807) is 48.5 Å². The molecular weight excluding hydrogens is 479 g/mol. The number of nitrogens with one attached hydrogen (secondary N) is 1. The maximum Gasteiger partial charge on any atom is 0.262 e. The highest BCUT2D eigenvalue weighted by atomic mass is 32.2. The number of anilines is 1. The number of aliphatic imine (C=N–C) groups is 1. The van der Waals surface area contributed by atoms with Gasteiger partial charge in [0.05, 0.1) is 18.9 Å². The fourth-order valence-electron chi connectivity index (χ4n) is 4.10. The third-order valence-corrected chi connectivity index (χ3v) is 7.08. The highest BCUT2D eigenvalue weighted by Crippen LogP contribution is 2.38. The van der Waals surface area contributed by atoms with Crippen LogP contribution < -0.4 is 10.1 Å². The predicted molar refractivity (Wildman–Crippen MR) is 139 cm³/mol. The first-order chi connectivity index (χ1) is 17.5. The third kappa shape index (κ3) is 5.16. The van der Waals surface area contributed by atoms with Crippen molar-refractivity contribution in [3.05, 3.63) is 95.8 Å². The number of hydrazone groups is 1. The molecule has 0 aliphatic carbocycles. The number of amides is 2. The van der Waals surface area contributed by atoms with Crippen molar-refractivity contribution in [2.24, 2.45) is 10.1 Å². The number of benzene rings is 3. The normalized spacial score (nSPS) is 19.2. The van der Waals surface area contributed by atoms with Crippen LogP contribution in [0.15, 0.2) is 89.0 Å². The van der Waals surface area contributed by atoms with Crippen molar-refractivity contribution in [1.29, 1.82) is 0 Å². The zero-order valence-electron chi connectivity index (χ0n) is 19.4. The summed E-state index contributed by atoms with van der Waals surface area (Å²) < 4.78 is 18.7. The molecule has 2 amide bonds. The monoisotopic (exact) mass is 502 g/mol. The Labute approximate surface area is 212 Å². The van der Waals surface area contributed by atoms with Crippen LogP contribution in [0.3, 0.4) is 0 Å². The van der Waals surface area contributed by atoms with Gasteiger partial charge in [0, 0.05) is 18.5 Å². The van der Waals surface area contributed by atoms with E-state index in [1.165, 1.54) is 23.9 Å². The molecule has 0 fully saturated rings. The first-order valence-electron chi connectivity index (χ1n) is 11.4. The summed E-state index contributed by atoms with van der Waals surface area (Å²) in [6, 6.07) is 22.8. The van der Waals surface area contributed by atoms with Crippen molar-refractivity contribution in [2.45, 2.75) is 24.1 Å². The van der Waals surface area contributed by atoms with E-state index in [-0.39, 0.29) is 30.1 Å². The largest absolute Gasteiger partial charge is 0.497 e. The van der Waals surface area contributed by atoms with E-state index in [2.05, 4.69) is 10.3 Å². The quantitative estimate of drug-likeness (QED) is 0.512. The number of hydrogen-bond acceptors (Lipinski definition) is 6. The number of amidine groups is 1. The van der Waals surface area contributed by atoms with Crippen molar-refractivity contribution in [2.75, 3.05) is 12.4 Å². The molecule has 1 N–H and O–H groups in total. The van der Waals surface area contributed by atoms with Gasteiger partial charge in [-0.3, -0.25) is 9.59 Å². The molecule has 0 saturated heterocycles. The number of carbonyl (C=O) groups excluding carboxylic acids is 2. The maximum absolute atomic E-state index is 13.6. The summed E-state index contributed by atoms with van der Waals surface area (Å²) in [5, 5.41) is 9.10. The summed E-state index contributed by atoms with van der Waals surface area (Å²) in [4.78, 5) is 29.6. The zero-order valence-corrected chi connectivity index (χ0v) is 20.2. The van der Waals surface area contributed by atoms with Gasteiger partial charge in [0.2, 0.25) is 5.91 Å². The first kappa shape index (κ1) is 23.7. The summed E-state index contributed by atoms with van der Waals surface area (Å²) in [5.41, 5.74) is 3.30. The lowest BCUT2D eigenvalue weighted by molar-refractivity contribution is -0.121. The Kier molecular flexibility index (Phi) is 6.81. The summed E-state index contributed by atoms with van der Waals surface area (Å²) in [6.07, 6.45) is 0.554. The highest BCUT2D eigenvalue weighted by Gasteiger charge is 2.39.